The van der Waals surface area contributed by atoms with Crippen LogP contribution in [0.25, 0.3) is 11.3 Å². The monoisotopic (exact) mass is 653 g/mol. The van der Waals surface area contributed by atoms with Crippen molar-refractivity contribution in [3.05, 3.63) is 48.3 Å². The number of nitrogens with zero attached hydrogens (tertiary/aromatic N) is 8. The second kappa shape index (κ2) is 11.7. The van der Waals surface area contributed by atoms with Crippen molar-refractivity contribution in [2.75, 3.05) is 54.8 Å². The lowest BCUT2D eigenvalue weighted by atomic mass is 9.60. The van der Waals surface area contributed by atoms with Crippen LogP contribution in [0.5, 0.6) is 5.75 Å². The van der Waals surface area contributed by atoms with Crippen LogP contribution in [0.15, 0.2) is 42.7 Å². The van der Waals surface area contributed by atoms with Gasteiger partial charge in [0.05, 0.1) is 11.4 Å². The highest BCUT2D eigenvalue weighted by atomic mass is 16.6. The van der Waals surface area contributed by atoms with Crippen molar-refractivity contribution < 1.29 is 14.6 Å². The van der Waals surface area contributed by atoms with Gasteiger partial charge in [-0.2, -0.15) is 0 Å². The summed E-state index contributed by atoms with van der Waals surface area (Å²) >= 11 is 0. The summed E-state index contributed by atoms with van der Waals surface area (Å²) in [5, 5.41) is 18.9. The average molecular weight is 654 g/mol. The molecule has 5 fully saturated rings. The van der Waals surface area contributed by atoms with Crippen LogP contribution in [-0.4, -0.2) is 104 Å². The number of hydrogen-bond acceptors (Lipinski definition) is 11. The number of ether oxygens (including phenoxy) is 1. The summed E-state index contributed by atoms with van der Waals surface area (Å²) in [5.74, 6) is 1.89. The van der Waals surface area contributed by atoms with Crippen molar-refractivity contribution in [3.8, 4) is 17.0 Å². The molecule has 12 nitrogen and oxygen atoms in total. The van der Waals surface area contributed by atoms with E-state index in [-0.39, 0.29) is 23.9 Å². The van der Waals surface area contributed by atoms with Gasteiger partial charge < -0.3 is 35.2 Å². The Morgan fingerprint density at radius 1 is 0.958 bits per heavy atom. The van der Waals surface area contributed by atoms with Crippen LogP contribution >= 0.6 is 0 Å². The Hall–Kier alpha value is -4.19. The molecule has 254 valence electrons. The Morgan fingerprint density at radius 3 is 2.27 bits per heavy atom. The zero-order chi connectivity index (χ0) is 33.2. The summed E-state index contributed by atoms with van der Waals surface area (Å²) in [6.07, 6.45) is 10.8. The van der Waals surface area contributed by atoms with E-state index in [4.69, 9.17) is 20.4 Å². The third kappa shape index (κ3) is 5.77. The standard InChI is InChI=1S/C36H47N9O3/c1-35(2,3)48-34(47)44-21-36(22-44)15-27(16-36)42-12-10-23(11-13-42)24-17-38-33(39-18-24)45-25-8-9-26(45)20-43(19-25)30-14-29(40-41-32(30)37)28-6-4-5-7-31(28)46/h4-7,14,17-18,23,25-27,46H,8-13,15-16,19-22H2,1-3H3,(H2,37,41). The van der Waals surface area contributed by atoms with E-state index in [9.17, 15) is 9.90 Å². The van der Waals surface area contributed by atoms with Gasteiger partial charge in [0.1, 0.15) is 11.4 Å². The van der Waals surface area contributed by atoms with E-state index in [0.717, 1.165) is 76.6 Å². The number of carbonyl (C=O) groups is 1. The van der Waals surface area contributed by atoms with E-state index in [1.54, 1.807) is 12.1 Å². The van der Waals surface area contributed by atoms with E-state index >= 15 is 0 Å². The molecule has 4 aliphatic heterocycles. The first-order valence-electron chi connectivity index (χ1n) is 17.5. The predicted molar refractivity (Wildman–Crippen MR) is 184 cm³/mol. The lowest BCUT2D eigenvalue weighted by Gasteiger charge is -2.61. The highest BCUT2D eigenvalue weighted by molar-refractivity contribution is 5.74. The fraction of sp³-hybridized carbons (Fsp3) is 0.583. The van der Waals surface area contributed by atoms with Crippen LogP contribution in [0.3, 0.4) is 0 Å². The highest BCUT2D eigenvalue weighted by Crippen LogP contribution is 2.51. The van der Waals surface area contributed by atoms with Crippen LogP contribution in [0.4, 0.5) is 22.2 Å². The summed E-state index contributed by atoms with van der Waals surface area (Å²) in [6.45, 7) is 11.3. The number of fused-ring (bicyclic) bond motifs is 2. The molecule has 2 bridgehead atoms. The summed E-state index contributed by atoms with van der Waals surface area (Å²) in [5.41, 5.74) is 9.56. The topological polar surface area (TPSA) is 137 Å². The van der Waals surface area contributed by atoms with E-state index in [1.807, 2.05) is 43.9 Å². The average Bonchev–Trinajstić information content (AvgIpc) is 3.28. The van der Waals surface area contributed by atoms with Gasteiger partial charge in [0.2, 0.25) is 5.95 Å². The van der Waals surface area contributed by atoms with Crippen molar-refractivity contribution in [2.45, 2.75) is 88.9 Å². The lowest BCUT2D eigenvalue weighted by molar-refractivity contribution is -0.110. The summed E-state index contributed by atoms with van der Waals surface area (Å²) in [4.78, 5) is 31.5. The number of aromatic nitrogens is 4. The second-order valence-corrected chi connectivity index (χ2v) is 15.7. The molecular formula is C36H47N9O3. The Kier molecular flexibility index (Phi) is 7.61. The van der Waals surface area contributed by atoms with Crippen LogP contribution < -0.4 is 15.5 Å². The van der Waals surface area contributed by atoms with E-state index < -0.39 is 5.60 Å². The molecule has 0 radical (unpaired) electrons. The molecule has 1 saturated carbocycles. The number of likely N-dealkylation sites (tertiary alicyclic amines) is 2. The fourth-order valence-corrected chi connectivity index (χ4v) is 8.84. The molecule has 6 heterocycles. The molecule has 2 atom stereocenters. The molecule has 48 heavy (non-hydrogen) atoms. The second-order valence-electron chi connectivity index (χ2n) is 15.7. The first-order chi connectivity index (χ1) is 23.0. The maximum Gasteiger partial charge on any atom is 0.410 e. The Morgan fingerprint density at radius 2 is 1.62 bits per heavy atom. The molecule has 1 amide bonds. The Balaban J connectivity index is 0.843. The van der Waals surface area contributed by atoms with Gasteiger partial charge in [0.25, 0.3) is 0 Å². The SMILES string of the molecule is CC(C)(C)OC(=O)N1CC2(CC(N3CCC(c4cnc(N5C6CCC5CN(c5cc(-c7ccccc7O)nnc5N)C6)nc4)CC3)C2)C1. The fourth-order valence-electron chi connectivity index (χ4n) is 8.84. The molecule has 2 aromatic heterocycles. The number of nitrogens with two attached hydrogens (primary N) is 1. The first kappa shape index (κ1) is 31.1. The van der Waals surface area contributed by atoms with E-state index in [1.165, 1.54) is 18.4 Å². The van der Waals surface area contributed by atoms with Gasteiger partial charge in [-0.1, -0.05) is 12.1 Å². The van der Waals surface area contributed by atoms with Crippen molar-refractivity contribution >= 4 is 23.5 Å². The zero-order valence-corrected chi connectivity index (χ0v) is 28.3. The molecule has 2 unspecified atom stereocenters. The number of anilines is 3. The van der Waals surface area contributed by atoms with Crippen molar-refractivity contribution in [1.82, 2.24) is 30.0 Å². The number of carbonyl (C=O) groups excluding carboxylic acids is 1. The maximum absolute atomic E-state index is 12.4. The molecule has 1 aliphatic carbocycles. The van der Waals surface area contributed by atoms with Crippen molar-refractivity contribution in [3.63, 3.8) is 0 Å². The van der Waals surface area contributed by atoms with Crippen LogP contribution in [-0.2, 0) is 4.74 Å². The number of amides is 1. The number of aromatic hydroxyl groups is 1. The lowest BCUT2D eigenvalue weighted by Crippen LogP contribution is -2.68. The molecule has 5 aliphatic rings. The number of rotatable bonds is 5. The van der Waals surface area contributed by atoms with Crippen molar-refractivity contribution in [2.24, 2.45) is 5.41 Å². The molecule has 1 aromatic carbocycles. The molecule has 8 rings (SSSR count). The third-order valence-corrected chi connectivity index (χ3v) is 11.3. The van der Waals surface area contributed by atoms with Gasteiger partial charge in [0, 0.05) is 67.7 Å². The van der Waals surface area contributed by atoms with Gasteiger partial charge in [-0.15, -0.1) is 10.2 Å². The number of nitrogen functional groups attached to an aromatic ring is 1. The minimum atomic E-state index is -0.442. The van der Waals surface area contributed by atoms with Gasteiger partial charge in [-0.3, -0.25) is 0 Å². The molecule has 4 saturated heterocycles. The van der Waals surface area contributed by atoms with Gasteiger partial charge >= 0.3 is 6.09 Å². The third-order valence-electron chi connectivity index (χ3n) is 11.3. The predicted octanol–water partition coefficient (Wildman–Crippen LogP) is 4.66. The Bertz CT molecular complexity index is 1640. The van der Waals surface area contributed by atoms with Crippen LogP contribution in [0.2, 0.25) is 0 Å². The van der Waals surface area contributed by atoms with E-state index in [2.05, 4.69) is 37.3 Å². The number of piperazine rings is 1. The van der Waals surface area contributed by atoms with Crippen LogP contribution in [0, 0.1) is 5.41 Å². The summed E-state index contributed by atoms with van der Waals surface area (Å²) in [6, 6.07) is 10.3. The number of phenols is 1. The number of piperidine rings is 1. The molecule has 3 aromatic rings. The molecule has 1 spiro atoms. The largest absolute Gasteiger partial charge is 0.507 e. The minimum Gasteiger partial charge on any atom is -0.507 e. The highest BCUT2D eigenvalue weighted by Gasteiger charge is 2.55. The van der Waals surface area contributed by atoms with Crippen LogP contribution in [0.1, 0.15) is 70.8 Å². The van der Waals surface area contributed by atoms with Gasteiger partial charge in [-0.25, -0.2) is 14.8 Å². The smallest absolute Gasteiger partial charge is 0.410 e. The Labute approximate surface area is 282 Å². The number of hydrogen-bond donors (Lipinski definition) is 2. The normalized spacial score (nSPS) is 24.4. The number of phenolic OH excluding ortho intramolecular Hbond substituents is 1. The van der Waals surface area contributed by atoms with Gasteiger partial charge in [0.15, 0.2) is 5.82 Å². The van der Waals surface area contributed by atoms with E-state index in [0.29, 0.717) is 34.4 Å². The molecular weight excluding hydrogens is 606 g/mol. The summed E-state index contributed by atoms with van der Waals surface area (Å²) in [7, 11) is 0. The zero-order valence-electron chi connectivity index (χ0n) is 28.3. The number of para-hydroxylation sites is 1. The number of benzene rings is 1. The first-order valence-corrected chi connectivity index (χ1v) is 17.5. The minimum absolute atomic E-state index is 0.173. The quantitative estimate of drug-likeness (QED) is 0.398. The molecule has 3 N–H and O–H groups in total. The maximum atomic E-state index is 12.4. The summed E-state index contributed by atoms with van der Waals surface area (Å²) < 4.78 is 5.55. The van der Waals surface area contributed by atoms with Gasteiger partial charge in [-0.05, 0) is 102 Å². The molecule has 12 heteroatoms. The van der Waals surface area contributed by atoms with Crippen molar-refractivity contribution in [1.29, 1.82) is 0 Å².